The average molecular weight is 349 g/mol. The van der Waals surface area contributed by atoms with E-state index < -0.39 is 24.6 Å². The van der Waals surface area contributed by atoms with Gasteiger partial charge in [-0.15, -0.1) is 18.3 Å². The summed E-state index contributed by atoms with van der Waals surface area (Å²) in [5, 5.41) is 17.4. The van der Waals surface area contributed by atoms with Gasteiger partial charge in [0.25, 0.3) is 0 Å². The van der Waals surface area contributed by atoms with Crippen LogP contribution in [0.1, 0.15) is 26.2 Å². The zero-order chi connectivity index (χ0) is 18.2. The van der Waals surface area contributed by atoms with Gasteiger partial charge in [-0.2, -0.15) is 5.10 Å². The van der Waals surface area contributed by atoms with Gasteiger partial charge < -0.3 is 15.6 Å². The van der Waals surface area contributed by atoms with E-state index >= 15 is 0 Å². The molecule has 136 valence electrons. The third kappa shape index (κ3) is 7.24. The molecule has 24 heavy (non-hydrogen) atoms. The standard InChI is InChI=1S/C15H22F3N3O3/c1-3-12(19)13(22)14(23-2)21-20-9-10-5-4-6-11(8-7-10)24-15(16,17)18/h5,7-9,11-13,22H,3-4,6,19H2,1-2H3/b20-9+,21-14-/t11?,12-,13?/m0/s1. The molecule has 0 aromatic rings. The van der Waals surface area contributed by atoms with Crippen LogP contribution in [0.25, 0.3) is 0 Å². The Morgan fingerprint density at radius 1 is 1.54 bits per heavy atom. The van der Waals surface area contributed by atoms with Crippen molar-refractivity contribution in [3.05, 3.63) is 23.8 Å². The summed E-state index contributed by atoms with van der Waals surface area (Å²) in [4.78, 5) is 0. The summed E-state index contributed by atoms with van der Waals surface area (Å²) in [6.45, 7) is 1.81. The number of aliphatic hydroxyl groups excluding tert-OH is 1. The molecule has 2 unspecified atom stereocenters. The topological polar surface area (TPSA) is 89.4 Å². The van der Waals surface area contributed by atoms with Gasteiger partial charge in [-0.3, -0.25) is 4.74 Å². The number of hydrogen-bond donors (Lipinski definition) is 2. The minimum atomic E-state index is -4.67. The first-order valence-corrected chi connectivity index (χ1v) is 7.48. The van der Waals surface area contributed by atoms with E-state index in [0.717, 1.165) is 0 Å². The zero-order valence-corrected chi connectivity index (χ0v) is 13.5. The van der Waals surface area contributed by atoms with Crippen molar-refractivity contribution in [3.8, 4) is 0 Å². The Morgan fingerprint density at radius 3 is 2.83 bits per heavy atom. The molecule has 0 fully saturated rings. The van der Waals surface area contributed by atoms with Crippen molar-refractivity contribution < 1.29 is 27.8 Å². The van der Waals surface area contributed by atoms with Crippen LogP contribution in [0, 0.1) is 0 Å². The number of aliphatic hydroxyl groups is 1. The molecule has 0 saturated carbocycles. The molecular weight excluding hydrogens is 327 g/mol. The summed E-state index contributed by atoms with van der Waals surface area (Å²) in [6, 6.07) is -0.531. The quantitative estimate of drug-likeness (QED) is 0.437. The van der Waals surface area contributed by atoms with Crippen molar-refractivity contribution in [2.45, 2.75) is 50.8 Å². The lowest BCUT2D eigenvalue weighted by molar-refractivity contribution is -0.336. The van der Waals surface area contributed by atoms with Crippen molar-refractivity contribution in [1.82, 2.24) is 0 Å². The maximum Gasteiger partial charge on any atom is 0.523 e. The molecule has 0 aliphatic heterocycles. The number of methoxy groups -OCH3 is 1. The molecule has 9 heteroatoms. The maximum absolute atomic E-state index is 12.2. The Morgan fingerprint density at radius 2 is 2.25 bits per heavy atom. The van der Waals surface area contributed by atoms with Crippen LogP contribution in [-0.4, -0.2) is 48.9 Å². The van der Waals surface area contributed by atoms with Gasteiger partial charge in [-0.1, -0.05) is 25.2 Å². The number of hydrogen-bond acceptors (Lipinski definition) is 6. The monoisotopic (exact) mass is 349 g/mol. The average Bonchev–Trinajstić information content (AvgIpc) is 2.74. The van der Waals surface area contributed by atoms with Gasteiger partial charge in [0.1, 0.15) is 6.10 Å². The summed E-state index contributed by atoms with van der Waals surface area (Å²) < 4.78 is 45.5. The summed E-state index contributed by atoms with van der Waals surface area (Å²) >= 11 is 0. The molecule has 1 aliphatic carbocycles. The fourth-order valence-electron chi connectivity index (χ4n) is 1.94. The molecule has 0 aromatic heterocycles. The molecule has 0 aromatic carbocycles. The van der Waals surface area contributed by atoms with Crippen LogP contribution in [0.3, 0.4) is 0 Å². The predicted molar refractivity (Wildman–Crippen MR) is 84.6 cm³/mol. The van der Waals surface area contributed by atoms with E-state index in [9.17, 15) is 18.3 Å². The second kappa shape index (κ2) is 9.55. The van der Waals surface area contributed by atoms with Gasteiger partial charge in [0.15, 0.2) is 0 Å². The Hall–Kier alpha value is -1.71. The molecular formula is C15H22F3N3O3. The molecule has 3 atom stereocenters. The summed E-state index contributed by atoms with van der Waals surface area (Å²) in [5.74, 6) is -0.0305. The molecule has 0 saturated heterocycles. The third-order valence-corrected chi connectivity index (χ3v) is 3.32. The minimum Gasteiger partial charge on any atom is -0.481 e. The number of nitrogens with two attached hydrogens (primary N) is 1. The Kier molecular flexibility index (Phi) is 8.09. The lowest BCUT2D eigenvalue weighted by Gasteiger charge is -2.16. The van der Waals surface area contributed by atoms with Gasteiger partial charge in [-0.25, -0.2) is 0 Å². The molecule has 0 spiro atoms. The first-order valence-electron chi connectivity index (χ1n) is 7.48. The van der Waals surface area contributed by atoms with E-state index in [1.165, 1.54) is 25.5 Å². The van der Waals surface area contributed by atoms with E-state index in [2.05, 4.69) is 14.9 Å². The molecule has 6 nitrogen and oxygen atoms in total. The van der Waals surface area contributed by atoms with Gasteiger partial charge >= 0.3 is 6.36 Å². The van der Waals surface area contributed by atoms with Crippen LogP contribution in [0.15, 0.2) is 34.0 Å². The molecule has 1 aliphatic rings. The molecule has 0 bridgehead atoms. The van der Waals surface area contributed by atoms with Crippen LogP contribution in [0.4, 0.5) is 13.2 Å². The smallest absolute Gasteiger partial charge is 0.481 e. The summed E-state index contributed by atoms with van der Waals surface area (Å²) in [5.41, 5.74) is 6.28. The fourth-order valence-corrected chi connectivity index (χ4v) is 1.94. The van der Waals surface area contributed by atoms with E-state index in [1.807, 2.05) is 6.92 Å². The lowest BCUT2D eigenvalue weighted by Crippen LogP contribution is -2.40. The van der Waals surface area contributed by atoms with Crippen molar-refractivity contribution in [3.63, 3.8) is 0 Å². The SMILES string of the molecule is CC[C@H](N)C(O)/C(=N/N=C/C1=CCCC(OC(F)(F)F)C=C1)OC. The van der Waals surface area contributed by atoms with Gasteiger partial charge in [-0.05, 0) is 24.8 Å². The van der Waals surface area contributed by atoms with Crippen LogP contribution < -0.4 is 5.73 Å². The molecule has 3 N–H and O–H groups in total. The second-order valence-corrected chi connectivity index (χ2v) is 5.15. The van der Waals surface area contributed by atoms with Crippen LogP contribution in [0.2, 0.25) is 0 Å². The Bertz CT molecular complexity index is 516. The molecule has 0 amide bonds. The largest absolute Gasteiger partial charge is 0.523 e. The zero-order valence-electron chi connectivity index (χ0n) is 13.5. The highest BCUT2D eigenvalue weighted by Crippen LogP contribution is 2.23. The maximum atomic E-state index is 12.2. The fraction of sp³-hybridized carbons (Fsp3) is 0.600. The molecule has 0 heterocycles. The first-order chi connectivity index (χ1) is 11.3. The number of halogens is 3. The van der Waals surface area contributed by atoms with Gasteiger partial charge in [0.2, 0.25) is 5.90 Å². The number of nitrogens with zero attached hydrogens (tertiary/aromatic N) is 2. The predicted octanol–water partition coefficient (Wildman–Crippen LogP) is 2.30. The van der Waals surface area contributed by atoms with Gasteiger partial charge in [0, 0.05) is 6.04 Å². The van der Waals surface area contributed by atoms with Crippen molar-refractivity contribution >= 4 is 12.1 Å². The second-order valence-electron chi connectivity index (χ2n) is 5.15. The summed E-state index contributed by atoms with van der Waals surface area (Å²) in [7, 11) is 1.34. The first kappa shape index (κ1) is 20.3. The van der Waals surface area contributed by atoms with Crippen molar-refractivity contribution in [1.29, 1.82) is 0 Å². The highest BCUT2D eigenvalue weighted by Gasteiger charge is 2.32. The normalized spacial score (nSPS) is 22.2. The van der Waals surface area contributed by atoms with E-state index in [4.69, 9.17) is 10.5 Å². The highest BCUT2D eigenvalue weighted by molar-refractivity contribution is 5.85. The number of allylic oxidation sites excluding steroid dienone is 3. The minimum absolute atomic E-state index is 0.0305. The van der Waals surface area contributed by atoms with Crippen LogP contribution in [-0.2, 0) is 9.47 Å². The lowest BCUT2D eigenvalue weighted by atomic mass is 10.1. The third-order valence-electron chi connectivity index (χ3n) is 3.32. The van der Waals surface area contributed by atoms with E-state index in [1.54, 1.807) is 6.08 Å². The number of alkyl halides is 3. The molecule has 0 radical (unpaired) electrons. The van der Waals surface area contributed by atoms with E-state index in [-0.39, 0.29) is 12.3 Å². The summed E-state index contributed by atoms with van der Waals surface area (Å²) in [6.07, 6.45) is 0.232. The molecule has 1 rings (SSSR count). The van der Waals surface area contributed by atoms with Gasteiger partial charge in [0.05, 0.1) is 19.4 Å². The Balaban J connectivity index is 2.70. The van der Waals surface area contributed by atoms with E-state index in [0.29, 0.717) is 18.4 Å². The van der Waals surface area contributed by atoms with Crippen molar-refractivity contribution in [2.75, 3.05) is 7.11 Å². The van der Waals surface area contributed by atoms with Crippen LogP contribution >= 0.6 is 0 Å². The number of rotatable bonds is 6. The Labute approximate surface area is 138 Å². The van der Waals surface area contributed by atoms with Crippen LogP contribution in [0.5, 0.6) is 0 Å². The highest BCUT2D eigenvalue weighted by atomic mass is 19.4. The number of ether oxygens (including phenoxy) is 2. The van der Waals surface area contributed by atoms with Crippen molar-refractivity contribution in [2.24, 2.45) is 15.9 Å².